The van der Waals surface area contributed by atoms with Crippen molar-refractivity contribution in [1.82, 2.24) is 0 Å². The summed E-state index contributed by atoms with van der Waals surface area (Å²) in [6, 6.07) is 77.1. The monoisotopic (exact) mass is 876 g/mol. The minimum Gasteiger partial charge on any atom is -0.311 e. The molecule has 11 aromatic rings. The summed E-state index contributed by atoms with van der Waals surface area (Å²) in [5.74, 6) is 0. The number of hydrogen-bond donors (Lipinski definition) is 0. The second kappa shape index (κ2) is 14.5. The van der Waals surface area contributed by atoms with Gasteiger partial charge in [-0.05, 0) is 159 Å². The predicted octanol–water partition coefficient (Wildman–Crippen LogP) is 15.2. The molecule has 14 rings (SSSR count). The van der Waals surface area contributed by atoms with Gasteiger partial charge in [-0.3, -0.25) is 0 Å². The highest BCUT2D eigenvalue weighted by Gasteiger charge is 2.43. The Kier molecular flexibility index (Phi) is 8.36. The number of nitriles is 1. The first-order valence-electron chi connectivity index (χ1n) is 24.2. The lowest BCUT2D eigenvalue weighted by Gasteiger charge is -2.42. The minimum absolute atomic E-state index is 0.113. The lowest BCUT2D eigenvalue weighted by molar-refractivity contribution is 0.660. The van der Waals surface area contributed by atoms with Crippen molar-refractivity contribution in [1.29, 1.82) is 5.26 Å². The fraction of sp³-hybridized carbons (Fsp3) is 0.0758. The summed E-state index contributed by atoms with van der Waals surface area (Å²) in [6.07, 6.45) is 0. The normalized spacial score (nSPS) is 13.6. The van der Waals surface area contributed by atoms with Gasteiger partial charge in [0.25, 0.3) is 0 Å². The van der Waals surface area contributed by atoms with Crippen molar-refractivity contribution in [2.75, 3.05) is 4.90 Å². The number of fused-ring (bicyclic) bond motifs is 9. The molecule has 0 aromatic heterocycles. The molecule has 0 saturated carbocycles. The van der Waals surface area contributed by atoms with Crippen LogP contribution in [0.25, 0.3) is 88.0 Å². The number of para-hydroxylation sites is 1. The molecule has 0 amide bonds. The van der Waals surface area contributed by atoms with Gasteiger partial charge in [0.05, 0.1) is 17.3 Å². The van der Waals surface area contributed by atoms with Gasteiger partial charge in [0.15, 0.2) is 0 Å². The predicted molar refractivity (Wildman–Crippen MR) is 292 cm³/mol. The summed E-state index contributed by atoms with van der Waals surface area (Å²) in [5, 5.41) is 18.3. The summed E-state index contributed by atoms with van der Waals surface area (Å²) in [5.41, 5.74) is 25.1. The van der Waals surface area contributed by atoms with Gasteiger partial charge in [0.1, 0.15) is 0 Å². The second-order valence-corrected chi connectivity index (χ2v) is 19.9. The average Bonchev–Trinajstić information content (AvgIpc) is 3.61. The van der Waals surface area contributed by atoms with Crippen LogP contribution in [0.5, 0.6) is 0 Å². The maximum Gasteiger partial charge on any atom is 0.248 e. The standard InChI is InChI=1S/C66H45BN2/c1-39-17-15-18-40(2)65(39)69-59-37-53-52(61(42-19-7-5-8-20-42)49-24-11-12-25-50(49)62(53)43-21-9-6-10-22-43)36-58(59)67-57-32-31-45(44-29-30-47-46-23-13-14-28-55(46)66(3,4)56(47)35-44)48-26-16-27-51(63(48)57)54-33-41(38-68)34-60(69)64(54)67/h5-37H,1-4H3. The van der Waals surface area contributed by atoms with Crippen LogP contribution in [0.2, 0.25) is 0 Å². The number of hydrogen-bond acceptors (Lipinski definition) is 2. The molecule has 2 heterocycles. The Bertz CT molecular complexity index is 4060. The molecular formula is C66H45BN2. The smallest absolute Gasteiger partial charge is 0.248 e. The summed E-state index contributed by atoms with van der Waals surface area (Å²) in [7, 11) is 0. The lowest BCUT2D eigenvalue weighted by Crippen LogP contribution is -2.59. The molecule has 0 bridgehead atoms. The van der Waals surface area contributed by atoms with E-state index in [0.29, 0.717) is 5.56 Å². The third kappa shape index (κ3) is 5.49. The van der Waals surface area contributed by atoms with Crippen molar-refractivity contribution in [3.63, 3.8) is 0 Å². The maximum absolute atomic E-state index is 10.9. The highest BCUT2D eigenvalue weighted by molar-refractivity contribution is 7.01. The van der Waals surface area contributed by atoms with Crippen molar-refractivity contribution >= 4 is 72.5 Å². The Morgan fingerprint density at radius 2 is 1.03 bits per heavy atom. The van der Waals surface area contributed by atoms with Crippen molar-refractivity contribution in [2.45, 2.75) is 33.1 Å². The van der Waals surface area contributed by atoms with Crippen LogP contribution >= 0.6 is 0 Å². The van der Waals surface area contributed by atoms with E-state index in [1.807, 2.05) is 0 Å². The van der Waals surface area contributed by atoms with Crippen LogP contribution in [-0.2, 0) is 5.41 Å². The van der Waals surface area contributed by atoms with Gasteiger partial charge in [-0.25, -0.2) is 0 Å². The van der Waals surface area contributed by atoms with E-state index in [4.69, 9.17) is 0 Å². The van der Waals surface area contributed by atoms with Crippen molar-refractivity contribution in [3.05, 3.63) is 228 Å². The maximum atomic E-state index is 10.9. The molecule has 0 spiro atoms. The molecule has 3 heteroatoms. The molecule has 3 aliphatic rings. The number of nitrogens with zero attached hydrogens (tertiary/aromatic N) is 2. The second-order valence-electron chi connectivity index (χ2n) is 19.9. The zero-order valence-electron chi connectivity index (χ0n) is 39.0. The first-order valence-corrected chi connectivity index (χ1v) is 24.2. The average molecular weight is 877 g/mol. The van der Waals surface area contributed by atoms with Gasteiger partial charge in [-0.2, -0.15) is 5.26 Å². The topological polar surface area (TPSA) is 27.0 Å². The van der Waals surface area contributed by atoms with Gasteiger partial charge in [-0.1, -0.05) is 195 Å². The quantitative estimate of drug-likeness (QED) is 0.130. The Balaban J connectivity index is 1.12. The Morgan fingerprint density at radius 3 is 1.74 bits per heavy atom. The number of rotatable bonds is 4. The molecule has 0 N–H and O–H groups in total. The van der Waals surface area contributed by atoms with Crippen LogP contribution in [0.15, 0.2) is 200 Å². The zero-order chi connectivity index (χ0) is 46.3. The SMILES string of the molecule is Cc1cccc(C)c1N1c2cc3c(-c4ccccc4)c4ccccc4c(-c4ccccc4)c3cc2B2c3c(cc(C#N)cc31)-c1cccc3c(-c4ccc5c(c4)C(C)(C)c4ccccc4-5)ccc2c13. The molecule has 11 aromatic carbocycles. The molecule has 0 atom stereocenters. The molecule has 2 aliphatic heterocycles. The van der Waals surface area contributed by atoms with E-state index in [2.05, 4.69) is 239 Å². The highest BCUT2D eigenvalue weighted by atomic mass is 15.2. The summed E-state index contributed by atoms with van der Waals surface area (Å²) >= 11 is 0. The largest absolute Gasteiger partial charge is 0.311 e. The Labute approximate surface area is 403 Å². The minimum atomic E-state index is -0.114. The summed E-state index contributed by atoms with van der Waals surface area (Å²) in [4.78, 5) is 2.51. The molecule has 1 aliphatic carbocycles. The van der Waals surface area contributed by atoms with Gasteiger partial charge in [-0.15, -0.1) is 0 Å². The van der Waals surface area contributed by atoms with E-state index >= 15 is 0 Å². The van der Waals surface area contributed by atoms with Gasteiger partial charge < -0.3 is 4.90 Å². The van der Waals surface area contributed by atoms with Gasteiger partial charge >= 0.3 is 0 Å². The molecule has 322 valence electrons. The van der Waals surface area contributed by atoms with Crippen molar-refractivity contribution in [2.24, 2.45) is 0 Å². The third-order valence-corrected chi connectivity index (χ3v) is 15.9. The molecule has 0 saturated heterocycles. The van der Waals surface area contributed by atoms with Crippen molar-refractivity contribution < 1.29 is 0 Å². The summed E-state index contributed by atoms with van der Waals surface area (Å²) < 4.78 is 0. The zero-order valence-corrected chi connectivity index (χ0v) is 39.0. The van der Waals surface area contributed by atoms with Crippen molar-refractivity contribution in [3.8, 4) is 61.7 Å². The van der Waals surface area contributed by atoms with Crippen LogP contribution < -0.4 is 21.3 Å². The number of anilines is 3. The molecule has 0 unspecified atom stereocenters. The van der Waals surface area contributed by atoms with Crippen LogP contribution in [-0.4, -0.2) is 6.71 Å². The molecule has 0 radical (unpaired) electrons. The highest BCUT2D eigenvalue weighted by Crippen LogP contribution is 2.52. The van der Waals surface area contributed by atoms with Gasteiger partial charge in [0, 0.05) is 16.8 Å². The van der Waals surface area contributed by atoms with Crippen LogP contribution in [0.1, 0.15) is 41.7 Å². The van der Waals surface area contributed by atoms with Crippen LogP contribution in [0.3, 0.4) is 0 Å². The third-order valence-electron chi connectivity index (χ3n) is 15.9. The Hall–Kier alpha value is -8.45. The number of benzene rings is 11. The van der Waals surface area contributed by atoms with E-state index < -0.39 is 0 Å². The van der Waals surface area contributed by atoms with Gasteiger partial charge in [0.2, 0.25) is 6.71 Å². The first-order chi connectivity index (χ1) is 33.8. The molecule has 69 heavy (non-hydrogen) atoms. The van der Waals surface area contributed by atoms with E-state index in [9.17, 15) is 5.26 Å². The number of aryl methyl sites for hydroxylation is 2. The van der Waals surface area contributed by atoms with E-state index in [-0.39, 0.29) is 12.1 Å². The molecular weight excluding hydrogens is 832 g/mol. The first kappa shape index (κ1) is 39.7. The van der Waals surface area contributed by atoms with Crippen LogP contribution in [0.4, 0.5) is 17.1 Å². The van der Waals surface area contributed by atoms with E-state index in [1.165, 1.54) is 121 Å². The molecule has 2 nitrogen and oxygen atoms in total. The van der Waals surface area contributed by atoms with E-state index in [1.54, 1.807) is 0 Å². The van der Waals surface area contributed by atoms with Crippen LogP contribution in [0, 0.1) is 25.2 Å². The van der Waals surface area contributed by atoms with E-state index in [0.717, 1.165) is 22.6 Å². The Morgan fingerprint density at radius 1 is 0.435 bits per heavy atom. The molecule has 0 fully saturated rings. The fourth-order valence-corrected chi connectivity index (χ4v) is 12.9. The fourth-order valence-electron chi connectivity index (χ4n) is 12.9. The lowest BCUT2D eigenvalue weighted by atomic mass is 9.32. The summed E-state index contributed by atoms with van der Waals surface area (Å²) in [6.45, 7) is 9.06.